The van der Waals surface area contributed by atoms with E-state index in [0.29, 0.717) is 22.2 Å². The average Bonchev–Trinajstić information content (AvgIpc) is 3.38. The standard InChI is InChI=1S/C24H32N4O3S.ClH/c1-31-21-7-5-20(6-8-21)24(30)28(23-15-25-18-32-23)17-22(29)27-13-9-19(10-14-27)16-26-11-3-2-4-12-26;/h5-8,15,18-19H,2-4,9-14,16-17H2,1H3;1H. The Morgan fingerprint density at radius 2 is 1.79 bits per heavy atom. The van der Waals surface area contributed by atoms with Gasteiger partial charge < -0.3 is 14.5 Å². The van der Waals surface area contributed by atoms with Gasteiger partial charge in [0.15, 0.2) is 0 Å². The third-order valence-electron chi connectivity index (χ3n) is 6.49. The summed E-state index contributed by atoms with van der Waals surface area (Å²) in [5.74, 6) is 1.15. The first-order valence-corrected chi connectivity index (χ1v) is 12.4. The van der Waals surface area contributed by atoms with Crippen molar-refractivity contribution in [3.63, 3.8) is 0 Å². The number of amides is 2. The van der Waals surface area contributed by atoms with Crippen LogP contribution in [0.2, 0.25) is 0 Å². The van der Waals surface area contributed by atoms with Gasteiger partial charge in [0.2, 0.25) is 5.91 Å². The number of ether oxygens (including phenoxy) is 1. The number of carbonyl (C=O) groups excluding carboxylic acids is 2. The van der Waals surface area contributed by atoms with Gasteiger partial charge in [-0.2, -0.15) is 0 Å². The molecular formula is C24H33ClN4O3S. The molecule has 0 radical (unpaired) electrons. The van der Waals surface area contributed by atoms with Gasteiger partial charge in [-0.15, -0.1) is 23.7 Å². The third kappa shape index (κ3) is 6.68. The Kier molecular flexibility index (Phi) is 9.52. The number of carbonyl (C=O) groups is 2. The van der Waals surface area contributed by atoms with E-state index in [9.17, 15) is 9.59 Å². The molecule has 3 heterocycles. The number of hydrogen-bond acceptors (Lipinski definition) is 6. The maximum atomic E-state index is 13.2. The summed E-state index contributed by atoms with van der Waals surface area (Å²) in [5.41, 5.74) is 2.20. The first kappa shape index (κ1) is 25.5. The fraction of sp³-hybridized carbons (Fsp3) is 0.542. The number of anilines is 1. The number of rotatable bonds is 7. The summed E-state index contributed by atoms with van der Waals surface area (Å²) in [6.07, 6.45) is 7.70. The number of halogens is 1. The average molecular weight is 493 g/mol. The number of hydrogen-bond donors (Lipinski definition) is 0. The summed E-state index contributed by atoms with van der Waals surface area (Å²) >= 11 is 1.36. The number of methoxy groups -OCH3 is 1. The maximum Gasteiger partial charge on any atom is 0.259 e. The molecule has 1 aromatic carbocycles. The molecule has 33 heavy (non-hydrogen) atoms. The Labute approximate surface area is 206 Å². The summed E-state index contributed by atoms with van der Waals surface area (Å²) in [4.78, 5) is 36.5. The molecule has 180 valence electrons. The van der Waals surface area contributed by atoms with Crippen molar-refractivity contribution in [2.75, 3.05) is 51.3 Å². The van der Waals surface area contributed by atoms with Gasteiger partial charge in [-0.1, -0.05) is 6.42 Å². The maximum absolute atomic E-state index is 13.2. The van der Waals surface area contributed by atoms with Crippen molar-refractivity contribution in [1.29, 1.82) is 0 Å². The molecule has 0 atom stereocenters. The minimum atomic E-state index is -0.203. The second kappa shape index (κ2) is 12.3. The Hall–Kier alpha value is -2.16. The van der Waals surface area contributed by atoms with Gasteiger partial charge in [0.25, 0.3) is 5.91 Å². The highest BCUT2D eigenvalue weighted by atomic mass is 35.5. The summed E-state index contributed by atoms with van der Waals surface area (Å²) in [6, 6.07) is 6.97. The Morgan fingerprint density at radius 1 is 1.09 bits per heavy atom. The van der Waals surface area contributed by atoms with Crippen molar-refractivity contribution in [2.45, 2.75) is 32.1 Å². The number of benzene rings is 1. The van der Waals surface area contributed by atoms with Crippen LogP contribution in [0.15, 0.2) is 36.0 Å². The minimum Gasteiger partial charge on any atom is -0.497 e. The predicted octanol–water partition coefficient (Wildman–Crippen LogP) is 3.94. The molecule has 0 saturated carbocycles. The van der Waals surface area contributed by atoms with E-state index >= 15 is 0 Å². The van der Waals surface area contributed by atoms with Gasteiger partial charge in [0, 0.05) is 25.2 Å². The molecule has 0 bridgehead atoms. The van der Waals surface area contributed by atoms with Crippen LogP contribution in [-0.2, 0) is 4.79 Å². The molecule has 0 unspecified atom stereocenters. The van der Waals surface area contributed by atoms with Crippen molar-refractivity contribution in [2.24, 2.45) is 5.92 Å². The van der Waals surface area contributed by atoms with E-state index in [1.807, 2.05) is 4.90 Å². The number of nitrogens with zero attached hydrogens (tertiary/aromatic N) is 4. The number of thiazole rings is 1. The lowest BCUT2D eigenvalue weighted by Crippen LogP contribution is -2.47. The lowest BCUT2D eigenvalue weighted by molar-refractivity contribution is -0.131. The van der Waals surface area contributed by atoms with Crippen LogP contribution in [-0.4, -0.2) is 73.0 Å². The summed E-state index contributed by atoms with van der Waals surface area (Å²) in [7, 11) is 1.59. The second-order valence-electron chi connectivity index (χ2n) is 8.64. The van der Waals surface area contributed by atoms with Crippen LogP contribution in [0.1, 0.15) is 42.5 Å². The lowest BCUT2D eigenvalue weighted by Gasteiger charge is -2.36. The van der Waals surface area contributed by atoms with Crippen molar-refractivity contribution in [1.82, 2.24) is 14.8 Å². The van der Waals surface area contributed by atoms with Gasteiger partial charge in [0.1, 0.15) is 17.3 Å². The van der Waals surface area contributed by atoms with E-state index in [2.05, 4.69) is 9.88 Å². The van der Waals surface area contributed by atoms with E-state index in [4.69, 9.17) is 4.74 Å². The molecule has 0 aliphatic carbocycles. The highest BCUT2D eigenvalue weighted by molar-refractivity contribution is 7.14. The highest BCUT2D eigenvalue weighted by Crippen LogP contribution is 2.24. The summed E-state index contributed by atoms with van der Waals surface area (Å²) in [6.45, 7) is 5.16. The van der Waals surface area contributed by atoms with Crippen molar-refractivity contribution >= 4 is 40.6 Å². The fourth-order valence-electron chi connectivity index (χ4n) is 4.59. The Bertz CT molecular complexity index is 880. The first-order chi connectivity index (χ1) is 15.6. The van der Waals surface area contributed by atoms with Crippen LogP contribution in [0.3, 0.4) is 0 Å². The molecule has 9 heteroatoms. The Morgan fingerprint density at radius 3 is 2.39 bits per heavy atom. The molecule has 2 saturated heterocycles. The van der Waals surface area contributed by atoms with Gasteiger partial charge in [-0.3, -0.25) is 19.5 Å². The van der Waals surface area contributed by atoms with Crippen molar-refractivity contribution < 1.29 is 14.3 Å². The summed E-state index contributed by atoms with van der Waals surface area (Å²) in [5, 5.41) is 0.680. The van der Waals surface area contributed by atoms with Gasteiger partial charge in [-0.05, 0) is 69.0 Å². The Balaban J connectivity index is 0.00000306. The van der Waals surface area contributed by atoms with E-state index in [1.54, 1.807) is 48.0 Å². The molecule has 1 aromatic heterocycles. The van der Waals surface area contributed by atoms with Crippen LogP contribution >= 0.6 is 23.7 Å². The highest BCUT2D eigenvalue weighted by Gasteiger charge is 2.28. The molecule has 4 rings (SSSR count). The summed E-state index contributed by atoms with van der Waals surface area (Å²) < 4.78 is 5.19. The van der Waals surface area contributed by atoms with Gasteiger partial charge in [-0.25, -0.2) is 0 Å². The topological polar surface area (TPSA) is 66.0 Å². The SMILES string of the molecule is COc1ccc(C(=O)N(CC(=O)N2CCC(CN3CCCCC3)CC2)c2cncs2)cc1.Cl. The van der Waals surface area contributed by atoms with Gasteiger partial charge >= 0.3 is 0 Å². The van der Waals surface area contributed by atoms with E-state index in [0.717, 1.165) is 32.5 Å². The van der Waals surface area contributed by atoms with Crippen molar-refractivity contribution in [3.8, 4) is 5.75 Å². The first-order valence-electron chi connectivity index (χ1n) is 11.5. The zero-order valence-electron chi connectivity index (χ0n) is 19.1. The quantitative estimate of drug-likeness (QED) is 0.585. The molecule has 2 aliphatic heterocycles. The minimum absolute atomic E-state index is 0. The zero-order chi connectivity index (χ0) is 22.3. The van der Waals surface area contributed by atoms with E-state index in [-0.39, 0.29) is 30.8 Å². The molecule has 2 aromatic rings. The van der Waals surface area contributed by atoms with Crippen LogP contribution < -0.4 is 9.64 Å². The largest absolute Gasteiger partial charge is 0.497 e. The molecule has 7 nitrogen and oxygen atoms in total. The third-order valence-corrected chi connectivity index (χ3v) is 7.29. The normalized spacial score (nSPS) is 17.3. The fourth-order valence-corrected chi connectivity index (χ4v) is 5.22. The number of likely N-dealkylation sites (tertiary alicyclic amines) is 2. The van der Waals surface area contributed by atoms with Gasteiger partial charge in [0.05, 0.1) is 18.8 Å². The molecule has 2 fully saturated rings. The van der Waals surface area contributed by atoms with E-state index in [1.165, 1.54) is 43.7 Å². The van der Waals surface area contributed by atoms with Crippen LogP contribution in [0.25, 0.3) is 0 Å². The molecule has 2 amide bonds. The molecular weight excluding hydrogens is 460 g/mol. The van der Waals surface area contributed by atoms with Crippen LogP contribution in [0, 0.1) is 5.92 Å². The molecule has 0 N–H and O–H groups in total. The zero-order valence-corrected chi connectivity index (χ0v) is 20.8. The number of piperidine rings is 2. The van der Waals surface area contributed by atoms with Crippen LogP contribution in [0.4, 0.5) is 5.00 Å². The lowest BCUT2D eigenvalue weighted by atomic mass is 9.95. The number of aromatic nitrogens is 1. The smallest absolute Gasteiger partial charge is 0.259 e. The van der Waals surface area contributed by atoms with E-state index < -0.39 is 0 Å². The monoisotopic (exact) mass is 492 g/mol. The molecule has 2 aliphatic rings. The molecule has 0 spiro atoms. The van der Waals surface area contributed by atoms with Crippen LogP contribution in [0.5, 0.6) is 5.75 Å². The second-order valence-corrected chi connectivity index (χ2v) is 9.51. The van der Waals surface area contributed by atoms with Crippen molar-refractivity contribution in [3.05, 3.63) is 41.5 Å². The predicted molar refractivity (Wildman–Crippen MR) is 134 cm³/mol.